The molecule has 0 aliphatic heterocycles. The third-order valence-corrected chi connectivity index (χ3v) is 2.78. The highest BCUT2D eigenvalue weighted by atomic mass is 16.5. The van der Waals surface area contributed by atoms with Gasteiger partial charge in [0.05, 0.1) is 7.11 Å². The molecule has 17 heavy (non-hydrogen) atoms. The van der Waals surface area contributed by atoms with E-state index in [1.807, 2.05) is 6.08 Å². The summed E-state index contributed by atoms with van der Waals surface area (Å²) in [6, 6.07) is 0. The molecule has 0 aromatic rings. The van der Waals surface area contributed by atoms with E-state index in [2.05, 4.69) is 28.8 Å². The zero-order valence-corrected chi connectivity index (χ0v) is 11.6. The molecule has 0 aliphatic carbocycles. The summed E-state index contributed by atoms with van der Waals surface area (Å²) in [5, 5.41) is 3.29. The van der Waals surface area contributed by atoms with Crippen molar-refractivity contribution in [1.82, 2.24) is 10.2 Å². The molecule has 0 amide bonds. The number of methoxy groups -OCH3 is 1. The molecule has 4 nitrogen and oxygen atoms in total. The molecule has 0 aromatic heterocycles. The molecule has 0 saturated heterocycles. The Morgan fingerprint density at radius 3 is 2.53 bits per heavy atom. The number of nitrogens with zero attached hydrogens (tertiary/aromatic N) is 1. The van der Waals surface area contributed by atoms with Gasteiger partial charge in [-0.2, -0.15) is 0 Å². The number of esters is 1. The van der Waals surface area contributed by atoms with Gasteiger partial charge in [-0.05, 0) is 39.5 Å². The van der Waals surface area contributed by atoms with Crippen LogP contribution in [0, 0.1) is 0 Å². The number of carbonyl (C=O) groups excluding carboxylic acids is 1. The van der Waals surface area contributed by atoms with Crippen LogP contribution < -0.4 is 5.32 Å². The molecule has 0 unspecified atom stereocenters. The van der Waals surface area contributed by atoms with Crippen LogP contribution in [0.4, 0.5) is 0 Å². The summed E-state index contributed by atoms with van der Waals surface area (Å²) in [4.78, 5) is 13.5. The summed E-state index contributed by atoms with van der Waals surface area (Å²) in [6.45, 7) is 11.2. The van der Waals surface area contributed by atoms with Gasteiger partial charge in [0.2, 0.25) is 0 Å². The monoisotopic (exact) mass is 242 g/mol. The lowest BCUT2D eigenvalue weighted by atomic mass is 10.3. The summed E-state index contributed by atoms with van der Waals surface area (Å²) >= 11 is 0. The summed E-state index contributed by atoms with van der Waals surface area (Å²) in [7, 11) is 1.40. The second-order valence-corrected chi connectivity index (χ2v) is 3.96. The van der Waals surface area contributed by atoms with Crippen molar-refractivity contribution >= 4 is 5.97 Å². The van der Waals surface area contributed by atoms with E-state index in [9.17, 15) is 4.79 Å². The predicted molar refractivity (Wildman–Crippen MR) is 71.0 cm³/mol. The quantitative estimate of drug-likeness (QED) is 0.377. The van der Waals surface area contributed by atoms with Crippen LogP contribution in [0.25, 0.3) is 0 Å². The maximum absolute atomic E-state index is 11.1. The molecule has 0 atom stereocenters. The molecule has 0 fully saturated rings. The fourth-order valence-electron chi connectivity index (χ4n) is 1.54. The highest BCUT2D eigenvalue weighted by molar-refractivity contribution is 5.87. The van der Waals surface area contributed by atoms with Gasteiger partial charge in [-0.1, -0.05) is 19.9 Å². The Hall–Kier alpha value is -0.870. The van der Waals surface area contributed by atoms with Crippen molar-refractivity contribution < 1.29 is 9.53 Å². The van der Waals surface area contributed by atoms with Crippen LogP contribution in [0.5, 0.6) is 0 Å². The van der Waals surface area contributed by atoms with Gasteiger partial charge in [-0.3, -0.25) is 0 Å². The Kier molecular flexibility index (Phi) is 9.77. The summed E-state index contributed by atoms with van der Waals surface area (Å²) in [6.07, 6.45) is 3.00. The van der Waals surface area contributed by atoms with Crippen LogP contribution in [-0.2, 0) is 9.53 Å². The lowest BCUT2D eigenvalue weighted by Crippen LogP contribution is -2.27. The van der Waals surface area contributed by atoms with E-state index in [1.165, 1.54) is 7.11 Å². The van der Waals surface area contributed by atoms with Gasteiger partial charge < -0.3 is 15.0 Å². The molecule has 1 N–H and O–H groups in total. The van der Waals surface area contributed by atoms with Crippen molar-refractivity contribution in [2.45, 2.75) is 27.2 Å². The zero-order chi connectivity index (χ0) is 13.1. The minimum absolute atomic E-state index is 0.255. The first-order valence-corrected chi connectivity index (χ1v) is 6.33. The lowest BCUT2D eigenvalue weighted by Gasteiger charge is -2.17. The van der Waals surface area contributed by atoms with Crippen LogP contribution in [0.3, 0.4) is 0 Å². The van der Waals surface area contributed by atoms with E-state index in [0.717, 1.165) is 39.1 Å². The zero-order valence-electron chi connectivity index (χ0n) is 11.6. The molecular weight excluding hydrogens is 216 g/mol. The van der Waals surface area contributed by atoms with E-state index in [1.54, 1.807) is 6.92 Å². The molecule has 0 rings (SSSR count). The standard InChI is InChI=1S/C13H26N2O2/c1-5-15(6-2)11-7-9-14-10-8-12(3)13(16)17-4/h8,14H,5-7,9-11H2,1-4H3/b12-8-. The van der Waals surface area contributed by atoms with Crippen LogP contribution in [-0.4, -0.2) is 50.7 Å². The summed E-state index contributed by atoms with van der Waals surface area (Å²) in [5.74, 6) is -0.255. The van der Waals surface area contributed by atoms with E-state index >= 15 is 0 Å². The fourth-order valence-corrected chi connectivity index (χ4v) is 1.54. The van der Waals surface area contributed by atoms with Crippen molar-refractivity contribution in [3.63, 3.8) is 0 Å². The third-order valence-electron chi connectivity index (χ3n) is 2.78. The number of ether oxygens (including phenoxy) is 1. The molecule has 100 valence electrons. The van der Waals surface area contributed by atoms with Crippen LogP contribution in [0.15, 0.2) is 11.6 Å². The largest absolute Gasteiger partial charge is 0.466 e. The van der Waals surface area contributed by atoms with Crippen molar-refractivity contribution in [3.8, 4) is 0 Å². The molecule has 4 heteroatoms. The molecule has 0 saturated carbocycles. The summed E-state index contributed by atoms with van der Waals surface area (Å²) in [5.41, 5.74) is 0.656. The van der Waals surface area contributed by atoms with Crippen LogP contribution in [0.2, 0.25) is 0 Å². The van der Waals surface area contributed by atoms with Gasteiger partial charge in [-0.25, -0.2) is 4.79 Å². The van der Waals surface area contributed by atoms with E-state index < -0.39 is 0 Å². The smallest absolute Gasteiger partial charge is 0.333 e. The van der Waals surface area contributed by atoms with E-state index in [4.69, 9.17) is 0 Å². The van der Waals surface area contributed by atoms with Crippen LogP contribution in [0.1, 0.15) is 27.2 Å². The van der Waals surface area contributed by atoms with Crippen molar-refractivity contribution in [2.24, 2.45) is 0 Å². The number of carbonyl (C=O) groups is 1. The highest BCUT2D eigenvalue weighted by Crippen LogP contribution is 1.94. The number of hydrogen-bond acceptors (Lipinski definition) is 4. The molecule has 0 aromatic carbocycles. The number of rotatable bonds is 9. The predicted octanol–water partition coefficient (Wildman–Crippen LogP) is 1.43. The molecular formula is C13H26N2O2. The first-order valence-electron chi connectivity index (χ1n) is 6.33. The van der Waals surface area contributed by atoms with E-state index in [0.29, 0.717) is 5.57 Å². The van der Waals surface area contributed by atoms with Gasteiger partial charge in [0.25, 0.3) is 0 Å². The van der Waals surface area contributed by atoms with E-state index in [-0.39, 0.29) is 5.97 Å². The van der Waals surface area contributed by atoms with Crippen molar-refractivity contribution in [1.29, 1.82) is 0 Å². The Bertz CT molecular complexity index is 236. The molecule has 0 spiro atoms. The maximum Gasteiger partial charge on any atom is 0.333 e. The minimum Gasteiger partial charge on any atom is -0.466 e. The highest BCUT2D eigenvalue weighted by Gasteiger charge is 2.01. The number of hydrogen-bond donors (Lipinski definition) is 1. The Labute approximate surface area is 105 Å². The summed E-state index contributed by atoms with van der Waals surface area (Å²) < 4.78 is 4.61. The third kappa shape index (κ3) is 7.94. The average Bonchev–Trinajstić information content (AvgIpc) is 2.36. The van der Waals surface area contributed by atoms with Crippen molar-refractivity contribution in [2.75, 3.05) is 39.8 Å². The minimum atomic E-state index is -0.255. The first kappa shape index (κ1) is 16.1. The van der Waals surface area contributed by atoms with Gasteiger partial charge in [0, 0.05) is 12.1 Å². The average molecular weight is 242 g/mol. The first-order chi connectivity index (χ1) is 8.15. The molecule has 0 aliphatic rings. The maximum atomic E-state index is 11.1. The lowest BCUT2D eigenvalue weighted by molar-refractivity contribution is -0.136. The molecule has 0 radical (unpaired) electrons. The normalized spacial score (nSPS) is 11.9. The fraction of sp³-hybridized carbons (Fsp3) is 0.769. The van der Waals surface area contributed by atoms with Crippen molar-refractivity contribution in [3.05, 3.63) is 11.6 Å². The number of nitrogens with one attached hydrogen (secondary N) is 1. The molecule has 0 bridgehead atoms. The SMILES string of the molecule is CCN(CC)CCCNC/C=C(/C)C(=O)OC. The Balaban J connectivity index is 3.55. The molecule has 0 heterocycles. The second-order valence-electron chi connectivity index (χ2n) is 3.96. The van der Waals surface area contributed by atoms with Gasteiger partial charge in [0.15, 0.2) is 0 Å². The second kappa shape index (κ2) is 10.3. The Morgan fingerprint density at radius 2 is 2.00 bits per heavy atom. The Morgan fingerprint density at radius 1 is 1.35 bits per heavy atom. The van der Waals surface area contributed by atoms with Gasteiger partial charge in [-0.15, -0.1) is 0 Å². The van der Waals surface area contributed by atoms with Gasteiger partial charge in [0.1, 0.15) is 0 Å². The van der Waals surface area contributed by atoms with Crippen LogP contribution >= 0.6 is 0 Å². The topological polar surface area (TPSA) is 41.6 Å². The van der Waals surface area contributed by atoms with Gasteiger partial charge >= 0.3 is 5.97 Å².